The Labute approximate surface area is 207 Å². The number of halogens is 4. The molecule has 0 saturated carbocycles. The first kappa shape index (κ1) is 33.5. The summed E-state index contributed by atoms with van der Waals surface area (Å²) >= 11 is 5.76. The fourth-order valence-corrected chi connectivity index (χ4v) is 3.03. The molecule has 0 aromatic heterocycles. The number of aliphatic hydroxyl groups is 3. The first-order chi connectivity index (χ1) is 16.8. The molecule has 2 unspecified atom stereocenters. The van der Waals surface area contributed by atoms with Gasteiger partial charge in [0.1, 0.15) is 5.75 Å². The van der Waals surface area contributed by atoms with Gasteiger partial charge in [-0.15, -0.1) is 0 Å². The zero-order valence-electron chi connectivity index (χ0n) is 18.9. The quantitative estimate of drug-likeness (QED) is 0.104. The Bertz CT molecular complexity index is 870. The van der Waals surface area contributed by atoms with Crippen LogP contribution in [-0.2, 0) is 25.1 Å². The lowest BCUT2D eigenvalue weighted by molar-refractivity contribution is -0.670. The van der Waals surface area contributed by atoms with Crippen LogP contribution < -0.4 is 21.8 Å². The molecule has 206 valence electrons. The number of hydrogen-bond donors (Lipinski definition) is 8. The van der Waals surface area contributed by atoms with E-state index < -0.39 is 47.4 Å². The average Bonchev–Trinajstić information content (AvgIpc) is 3.38. The van der Waals surface area contributed by atoms with Crippen LogP contribution in [0.2, 0.25) is 5.02 Å². The molecule has 2 aliphatic heterocycles. The predicted octanol–water partition coefficient (Wildman–Crippen LogP) is -0.398. The van der Waals surface area contributed by atoms with Gasteiger partial charge in [0, 0.05) is 10.6 Å². The molecule has 2 aliphatic rings. The van der Waals surface area contributed by atoms with E-state index >= 15 is 0 Å². The maximum absolute atomic E-state index is 13.3. The predicted molar refractivity (Wildman–Crippen MR) is 115 cm³/mol. The lowest BCUT2D eigenvalue weighted by atomic mass is 9.98. The summed E-state index contributed by atoms with van der Waals surface area (Å²) in [6.45, 7) is 3.42. The highest BCUT2D eigenvalue weighted by atomic mass is 35.5. The second kappa shape index (κ2) is 15.5. The lowest BCUT2D eigenvalue weighted by Gasteiger charge is -2.31. The molecule has 1 fully saturated rings. The molecule has 0 aliphatic carbocycles. The van der Waals surface area contributed by atoms with E-state index in [0.29, 0.717) is 0 Å². The maximum Gasteiger partial charge on any atom is 0.430 e. The summed E-state index contributed by atoms with van der Waals surface area (Å²) < 4.78 is 49.3. The second-order valence-electron chi connectivity index (χ2n) is 6.82. The number of nitrogens with two attached hydrogens (primary N) is 1. The molecule has 1 saturated heterocycles. The van der Waals surface area contributed by atoms with Crippen molar-refractivity contribution in [2.75, 3.05) is 13.1 Å². The number of fused-ring (bicyclic) bond motifs is 1. The van der Waals surface area contributed by atoms with Crippen molar-refractivity contribution in [2.24, 2.45) is 5.90 Å². The van der Waals surface area contributed by atoms with Gasteiger partial charge in [-0.2, -0.15) is 13.2 Å². The van der Waals surface area contributed by atoms with Gasteiger partial charge >= 0.3 is 18.1 Å². The Hall–Kier alpha value is -2.54. The van der Waals surface area contributed by atoms with E-state index in [4.69, 9.17) is 37.3 Å². The third kappa shape index (κ3) is 10.6. The van der Waals surface area contributed by atoms with Crippen molar-refractivity contribution in [3.8, 4) is 5.75 Å². The van der Waals surface area contributed by atoms with Crippen LogP contribution >= 0.6 is 11.6 Å². The number of carboxylic acid groups (broad SMARTS) is 1. The number of ether oxygens (including phenoxy) is 2. The third-order valence-electron chi connectivity index (χ3n) is 4.23. The normalized spacial score (nSPS) is 17.2. The highest BCUT2D eigenvalue weighted by molar-refractivity contribution is 6.31. The average molecular weight is 551 g/mol. The molecule has 0 radical (unpaired) electrons. The maximum atomic E-state index is 13.3. The van der Waals surface area contributed by atoms with Gasteiger partial charge in [-0.3, -0.25) is 9.63 Å². The van der Waals surface area contributed by atoms with Crippen LogP contribution in [0, 0.1) is 0 Å². The minimum atomic E-state index is -5.07. The lowest BCUT2D eigenvalue weighted by Crippen LogP contribution is -2.42. The van der Waals surface area contributed by atoms with Gasteiger partial charge in [0.05, 0.1) is 11.1 Å². The third-order valence-corrected chi connectivity index (χ3v) is 4.45. The summed E-state index contributed by atoms with van der Waals surface area (Å²) in [5, 5.41) is 44.7. The van der Waals surface area contributed by atoms with E-state index in [1.807, 2.05) is 0 Å². The summed E-state index contributed by atoms with van der Waals surface area (Å²) in [5.41, 5.74) is -2.01. The molecule has 2 atom stereocenters. The monoisotopic (exact) mass is 550 g/mol. The summed E-state index contributed by atoms with van der Waals surface area (Å²) in [5.74, 6) is 1.36. The SMILES string of the molecule is C1CCNC1.CC(ON)OC(=O)C1=Cc2cc(Cl)cc(C(O)(O)O)c2OC1C(F)(F)F.O=CO.[NH3+]O. The Morgan fingerprint density at radius 2 is 1.81 bits per heavy atom. The number of hydrogen-bond acceptors (Lipinski definition) is 11. The van der Waals surface area contributed by atoms with E-state index in [1.54, 1.807) is 0 Å². The van der Waals surface area contributed by atoms with Crippen molar-refractivity contribution < 1.29 is 68.6 Å². The summed E-state index contributed by atoms with van der Waals surface area (Å²) in [7, 11) is 0. The van der Waals surface area contributed by atoms with Gasteiger partial charge in [0.25, 0.3) is 6.47 Å². The number of quaternary nitrogens is 1. The molecular formula is C19H28ClF3N3O10+. The van der Waals surface area contributed by atoms with Gasteiger partial charge in [0.2, 0.25) is 12.4 Å². The van der Waals surface area contributed by atoms with Crippen molar-refractivity contribution in [3.05, 3.63) is 33.9 Å². The molecule has 1 aromatic carbocycles. The van der Waals surface area contributed by atoms with Crippen LogP contribution in [0.5, 0.6) is 5.75 Å². The van der Waals surface area contributed by atoms with Crippen molar-refractivity contribution in [2.45, 2.75) is 44.3 Å². The van der Waals surface area contributed by atoms with Crippen LogP contribution in [-0.4, -0.2) is 69.7 Å². The van der Waals surface area contributed by atoms with Crippen LogP contribution in [0.25, 0.3) is 6.08 Å². The van der Waals surface area contributed by atoms with Gasteiger partial charge in [-0.05, 0) is 51.1 Å². The second-order valence-corrected chi connectivity index (χ2v) is 7.25. The highest BCUT2D eigenvalue weighted by Crippen LogP contribution is 2.42. The molecule has 0 bridgehead atoms. The van der Waals surface area contributed by atoms with Gasteiger partial charge in [-0.1, -0.05) is 11.6 Å². The number of nitrogens with one attached hydrogen (secondary N) is 1. The van der Waals surface area contributed by atoms with Gasteiger partial charge in [-0.25, -0.2) is 21.8 Å². The zero-order chi connectivity index (χ0) is 28.1. The Morgan fingerprint density at radius 1 is 1.28 bits per heavy atom. The molecular weight excluding hydrogens is 523 g/mol. The summed E-state index contributed by atoms with van der Waals surface area (Å²) in [6.07, 6.45) is -5.71. The number of rotatable bonds is 4. The molecule has 17 heteroatoms. The molecule has 1 aromatic rings. The van der Waals surface area contributed by atoms with Crippen molar-refractivity contribution >= 4 is 30.1 Å². The van der Waals surface area contributed by atoms with Crippen molar-refractivity contribution in [1.29, 1.82) is 0 Å². The van der Waals surface area contributed by atoms with E-state index in [9.17, 15) is 33.3 Å². The standard InChI is InChI=1S/C14H13ClF3NO7.C4H9N.CH2O2.H4NO/c1-5(26-19)24-12(20)8-3-6-2-7(15)4-9(14(21,22)23)10(6)25-11(8)13(16,17)18;1-2-4-5-3-1;2-1-3;1-2/h2-5,11,21-23H,19H2,1H3;5H,1-4H2;1H,(H,2,3);2H,1H3/q;;;+1. The zero-order valence-corrected chi connectivity index (χ0v) is 19.6. The molecule has 0 amide bonds. The smallest absolute Gasteiger partial charge is 0.430 e. The summed E-state index contributed by atoms with van der Waals surface area (Å²) in [6, 6.07) is 1.89. The van der Waals surface area contributed by atoms with Crippen LogP contribution in [0.3, 0.4) is 0 Å². The molecule has 0 spiro atoms. The van der Waals surface area contributed by atoms with Crippen LogP contribution in [0.1, 0.15) is 30.9 Å². The van der Waals surface area contributed by atoms with E-state index in [2.05, 4.69) is 20.8 Å². The van der Waals surface area contributed by atoms with Crippen molar-refractivity contribution in [3.63, 3.8) is 0 Å². The Kier molecular flexibility index (Phi) is 14.4. The van der Waals surface area contributed by atoms with Crippen LogP contribution in [0.4, 0.5) is 13.2 Å². The molecule has 36 heavy (non-hydrogen) atoms. The summed E-state index contributed by atoms with van der Waals surface area (Å²) in [4.78, 5) is 24.5. The Balaban J connectivity index is 0.00000103. The fourth-order valence-electron chi connectivity index (χ4n) is 2.81. The molecule has 2 heterocycles. The van der Waals surface area contributed by atoms with E-state index in [0.717, 1.165) is 18.2 Å². The Morgan fingerprint density at radius 3 is 2.19 bits per heavy atom. The first-order valence-corrected chi connectivity index (χ1v) is 10.3. The topological polar surface area (TPSA) is 229 Å². The largest absolute Gasteiger partial charge is 0.483 e. The van der Waals surface area contributed by atoms with E-state index in [-0.39, 0.29) is 17.1 Å². The molecule has 13 nitrogen and oxygen atoms in total. The number of carbonyl (C=O) groups is 2. The van der Waals surface area contributed by atoms with Gasteiger partial charge < -0.3 is 35.2 Å². The highest BCUT2D eigenvalue weighted by Gasteiger charge is 2.50. The van der Waals surface area contributed by atoms with E-state index in [1.165, 1.54) is 32.9 Å². The number of esters is 1. The number of alkyl halides is 3. The molecule has 3 rings (SSSR count). The van der Waals surface area contributed by atoms with Crippen LogP contribution in [0.15, 0.2) is 17.7 Å². The minimum absolute atomic E-state index is 0.169. The van der Waals surface area contributed by atoms with Crippen molar-refractivity contribution in [1.82, 2.24) is 5.32 Å². The fraction of sp³-hybridized carbons (Fsp3) is 0.474. The first-order valence-electron chi connectivity index (χ1n) is 9.89. The molecule has 11 N–H and O–H groups in total. The number of carbonyl (C=O) groups excluding carboxylic acids is 1. The minimum Gasteiger partial charge on any atom is -0.483 e. The van der Waals surface area contributed by atoms with Gasteiger partial charge in [0.15, 0.2) is 0 Å². The number of benzene rings is 1.